The van der Waals surface area contributed by atoms with Gasteiger partial charge in [-0.25, -0.2) is 4.79 Å². The van der Waals surface area contributed by atoms with E-state index >= 15 is 0 Å². The molecule has 0 unspecified atom stereocenters. The molecule has 4 amide bonds. The minimum absolute atomic E-state index is 0.0103. The van der Waals surface area contributed by atoms with Crippen molar-refractivity contribution < 1.29 is 14.4 Å². The molecule has 0 spiro atoms. The monoisotopic (exact) mass is 442 g/mol. The molecule has 0 radical (unpaired) electrons. The van der Waals surface area contributed by atoms with E-state index in [1.165, 1.54) is 5.56 Å². The zero-order valence-electron chi connectivity index (χ0n) is 19.7. The molecule has 0 aromatic heterocycles. The molecule has 1 aromatic rings. The van der Waals surface area contributed by atoms with Gasteiger partial charge in [-0.3, -0.25) is 9.59 Å². The smallest absolute Gasteiger partial charge is 0.319 e. The van der Waals surface area contributed by atoms with Crippen LogP contribution in [0.5, 0.6) is 0 Å². The number of urea groups is 1. The molecule has 0 bridgehead atoms. The van der Waals surface area contributed by atoms with Gasteiger partial charge in [-0.1, -0.05) is 30.3 Å². The highest BCUT2D eigenvalue weighted by Gasteiger charge is 2.33. The quantitative estimate of drug-likeness (QED) is 0.652. The molecule has 2 saturated heterocycles. The Hall–Kier alpha value is -2.57. The molecular formula is C25H38N4O3. The number of carbonyl (C=O) groups excluding carboxylic acids is 3. The number of likely N-dealkylation sites (tertiary alicyclic amines) is 1. The van der Waals surface area contributed by atoms with Gasteiger partial charge in [0.25, 0.3) is 0 Å². The number of amides is 4. The third kappa shape index (κ3) is 6.24. The molecule has 7 nitrogen and oxygen atoms in total. The predicted octanol–water partition coefficient (Wildman–Crippen LogP) is 2.85. The summed E-state index contributed by atoms with van der Waals surface area (Å²) in [7, 11) is 0. The Kier molecular flexibility index (Phi) is 8.94. The molecule has 2 aliphatic heterocycles. The van der Waals surface area contributed by atoms with Crippen molar-refractivity contribution in [1.29, 1.82) is 0 Å². The van der Waals surface area contributed by atoms with E-state index < -0.39 is 0 Å². The van der Waals surface area contributed by atoms with Gasteiger partial charge in [0.05, 0.1) is 0 Å². The van der Waals surface area contributed by atoms with Gasteiger partial charge in [-0.05, 0) is 45.1 Å². The summed E-state index contributed by atoms with van der Waals surface area (Å²) in [6.07, 6.45) is 3.78. The topological polar surface area (TPSA) is 64.2 Å². The van der Waals surface area contributed by atoms with Gasteiger partial charge in [-0.15, -0.1) is 0 Å². The maximum atomic E-state index is 13.0. The summed E-state index contributed by atoms with van der Waals surface area (Å²) in [5.41, 5.74) is 1.26. The number of piperidine rings is 1. The Balaban J connectivity index is 1.37. The minimum atomic E-state index is -0.0103. The third-order valence-electron chi connectivity index (χ3n) is 6.79. The normalized spacial score (nSPS) is 17.4. The molecule has 0 atom stereocenters. The van der Waals surface area contributed by atoms with Gasteiger partial charge in [0, 0.05) is 64.7 Å². The number of benzene rings is 1. The van der Waals surface area contributed by atoms with E-state index in [0.717, 1.165) is 25.7 Å². The molecule has 2 fully saturated rings. The number of piperazine rings is 1. The predicted molar refractivity (Wildman–Crippen MR) is 125 cm³/mol. The van der Waals surface area contributed by atoms with Crippen molar-refractivity contribution in [2.45, 2.75) is 46.0 Å². The van der Waals surface area contributed by atoms with Crippen molar-refractivity contribution in [3.8, 4) is 0 Å². The zero-order valence-corrected chi connectivity index (χ0v) is 19.7. The largest absolute Gasteiger partial charge is 0.339 e. The van der Waals surface area contributed by atoms with Crippen LogP contribution in [0, 0.1) is 5.92 Å². The van der Waals surface area contributed by atoms with Crippen molar-refractivity contribution in [3.63, 3.8) is 0 Å². The lowest BCUT2D eigenvalue weighted by Gasteiger charge is -2.39. The van der Waals surface area contributed by atoms with Crippen molar-refractivity contribution in [1.82, 2.24) is 19.6 Å². The van der Waals surface area contributed by atoms with Crippen molar-refractivity contribution in [2.75, 3.05) is 52.4 Å². The van der Waals surface area contributed by atoms with Crippen LogP contribution in [0.15, 0.2) is 30.3 Å². The Labute approximate surface area is 192 Å². The maximum Gasteiger partial charge on any atom is 0.319 e. The molecule has 3 rings (SSSR count). The SMILES string of the molecule is CCN(CC)C(=O)N1CCC(C(=O)N2CCN(C(=O)CCCc3ccccc3)CC2)CC1. The first-order valence-electron chi connectivity index (χ1n) is 12.2. The summed E-state index contributed by atoms with van der Waals surface area (Å²) in [5, 5.41) is 0. The van der Waals surface area contributed by atoms with Crippen LogP contribution in [0.25, 0.3) is 0 Å². The van der Waals surface area contributed by atoms with Gasteiger partial charge in [-0.2, -0.15) is 0 Å². The minimum Gasteiger partial charge on any atom is -0.339 e. The van der Waals surface area contributed by atoms with E-state index in [4.69, 9.17) is 0 Å². The summed E-state index contributed by atoms with van der Waals surface area (Å²) in [6, 6.07) is 10.3. The van der Waals surface area contributed by atoms with Crippen LogP contribution in [0.4, 0.5) is 4.79 Å². The second-order valence-corrected chi connectivity index (χ2v) is 8.76. The maximum absolute atomic E-state index is 13.0. The molecule has 0 aliphatic carbocycles. The summed E-state index contributed by atoms with van der Waals surface area (Å²) >= 11 is 0. The van der Waals surface area contributed by atoms with Crippen LogP contribution < -0.4 is 0 Å². The average molecular weight is 443 g/mol. The van der Waals surface area contributed by atoms with Crippen LogP contribution in [0.3, 0.4) is 0 Å². The second-order valence-electron chi connectivity index (χ2n) is 8.76. The lowest BCUT2D eigenvalue weighted by molar-refractivity contribution is -0.143. The van der Waals surface area contributed by atoms with E-state index in [-0.39, 0.29) is 23.8 Å². The number of aryl methyl sites for hydroxylation is 1. The third-order valence-corrected chi connectivity index (χ3v) is 6.79. The van der Waals surface area contributed by atoms with E-state index in [1.807, 2.05) is 51.6 Å². The average Bonchev–Trinajstić information content (AvgIpc) is 2.85. The fraction of sp³-hybridized carbons (Fsp3) is 0.640. The number of nitrogens with zero attached hydrogens (tertiary/aromatic N) is 4. The summed E-state index contributed by atoms with van der Waals surface area (Å²) in [4.78, 5) is 45.6. The fourth-order valence-electron chi connectivity index (χ4n) is 4.69. The Bertz CT molecular complexity index is 750. The summed E-state index contributed by atoms with van der Waals surface area (Å²) in [5.74, 6) is 0.372. The van der Waals surface area contributed by atoms with Crippen molar-refractivity contribution >= 4 is 17.8 Å². The first-order valence-corrected chi connectivity index (χ1v) is 12.2. The molecule has 1 aromatic carbocycles. The lowest BCUT2D eigenvalue weighted by Crippen LogP contribution is -2.53. The van der Waals surface area contributed by atoms with Crippen LogP contribution in [-0.4, -0.2) is 89.8 Å². The number of rotatable bonds is 7. The highest BCUT2D eigenvalue weighted by Crippen LogP contribution is 2.22. The molecule has 2 aliphatic rings. The molecule has 176 valence electrons. The number of carbonyl (C=O) groups is 3. The first kappa shape index (κ1) is 24.1. The van der Waals surface area contributed by atoms with Crippen molar-refractivity contribution in [2.24, 2.45) is 5.92 Å². The summed E-state index contributed by atoms with van der Waals surface area (Å²) < 4.78 is 0. The Morgan fingerprint density at radius 1 is 0.844 bits per heavy atom. The standard InChI is InChI=1S/C25H38N4O3/c1-3-26(4-2)25(32)29-15-13-22(14-16-29)24(31)28-19-17-27(18-20-28)23(30)12-8-11-21-9-6-5-7-10-21/h5-7,9-10,22H,3-4,8,11-20H2,1-2H3. The van der Waals surface area contributed by atoms with Crippen LogP contribution in [0.2, 0.25) is 0 Å². The molecule has 2 heterocycles. The van der Waals surface area contributed by atoms with Crippen LogP contribution in [0.1, 0.15) is 45.1 Å². The second kappa shape index (κ2) is 11.9. The summed E-state index contributed by atoms with van der Waals surface area (Å²) in [6.45, 7) is 9.16. The molecule has 32 heavy (non-hydrogen) atoms. The van der Waals surface area contributed by atoms with Crippen LogP contribution >= 0.6 is 0 Å². The van der Waals surface area contributed by atoms with E-state index in [0.29, 0.717) is 58.8 Å². The first-order chi connectivity index (χ1) is 15.5. The molecule has 0 saturated carbocycles. The molecule has 7 heteroatoms. The Morgan fingerprint density at radius 3 is 2.03 bits per heavy atom. The highest BCUT2D eigenvalue weighted by atomic mass is 16.2. The van der Waals surface area contributed by atoms with Gasteiger partial charge in [0.2, 0.25) is 11.8 Å². The lowest BCUT2D eigenvalue weighted by atomic mass is 9.95. The highest BCUT2D eigenvalue weighted by molar-refractivity contribution is 5.81. The van der Waals surface area contributed by atoms with Crippen LogP contribution in [-0.2, 0) is 16.0 Å². The van der Waals surface area contributed by atoms with Gasteiger partial charge in [0.1, 0.15) is 0 Å². The number of hydrogen-bond acceptors (Lipinski definition) is 3. The number of hydrogen-bond donors (Lipinski definition) is 0. The molecular weight excluding hydrogens is 404 g/mol. The van der Waals surface area contributed by atoms with Gasteiger partial charge >= 0.3 is 6.03 Å². The Morgan fingerprint density at radius 2 is 1.44 bits per heavy atom. The van der Waals surface area contributed by atoms with Gasteiger partial charge in [0.15, 0.2) is 0 Å². The van der Waals surface area contributed by atoms with Crippen molar-refractivity contribution in [3.05, 3.63) is 35.9 Å². The van der Waals surface area contributed by atoms with E-state index in [2.05, 4.69) is 12.1 Å². The van der Waals surface area contributed by atoms with Gasteiger partial charge < -0.3 is 19.6 Å². The van der Waals surface area contributed by atoms with E-state index in [9.17, 15) is 14.4 Å². The zero-order chi connectivity index (χ0) is 22.9. The fourth-order valence-corrected chi connectivity index (χ4v) is 4.69. The van der Waals surface area contributed by atoms with E-state index in [1.54, 1.807) is 0 Å². The molecule has 0 N–H and O–H groups in total.